The van der Waals surface area contributed by atoms with Gasteiger partial charge in [-0.1, -0.05) is 13.8 Å². The van der Waals surface area contributed by atoms with Gasteiger partial charge in [0, 0.05) is 18.9 Å². The lowest BCUT2D eigenvalue weighted by Crippen LogP contribution is -2.27. The molecule has 2 heterocycles. The summed E-state index contributed by atoms with van der Waals surface area (Å²) in [5.74, 6) is 3.31. The quantitative estimate of drug-likeness (QED) is 0.888. The molecule has 1 unspecified atom stereocenters. The van der Waals surface area contributed by atoms with E-state index in [-0.39, 0.29) is 24.8 Å². The van der Waals surface area contributed by atoms with E-state index in [1.165, 1.54) is 0 Å². The van der Waals surface area contributed by atoms with Crippen molar-refractivity contribution in [3.63, 3.8) is 0 Å². The minimum absolute atomic E-state index is 0. The molecule has 1 aromatic heterocycles. The smallest absolute Gasteiger partial charge is 0.135 e. The van der Waals surface area contributed by atoms with Crippen LogP contribution >= 0.6 is 24.8 Å². The number of rotatable bonds is 2. The molecule has 2 rings (SSSR count). The van der Waals surface area contributed by atoms with Crippen LogP contribution in [0.3, 0.4) is 0 Å². The minimum atomic E-state index is 0. The first-order chi connectivity index (χ1) is 6.72. The van der Waals surface area contributed by atoms with Gasteiger partial charge < -0.3 is 10.3 Å². The van der Waals surface area contributed by atoms with Crippen LogP contribution in [0.5, 0.6) is 0 Å². The Hall–Kier alpha value is -0.320. The molecule has 1 aliphatic heterocycles. The molecular weight excluding hydrogens is 247 g/mol. The maximum atomic E-state index is 5.70. The second-order valence-electron chi connectivity index (χ2n) is 4.38. The fourth-order valence-electron chi connectivity index (χ4n) is 2.04. The molecule has 0 spiro atoms. The third-order valence-electron chi connectivity index (χ3n) is 2.92. The van der Waals surface area contributed by atoms with Gasteiger partial charge >= 0.3 is 0 Å². The van der Waals surface area contributed by atoms with E-state index in [9.17, 15) is 0 Å². The molecule has 0 saturated carbocycles. The normalized spacial score (nSPS) is 18.6. The number of hydrogen-bond acceptors (Lipinski definition) is 3. The molecule has 4 nitrogen and oxygen atoms in total. The lowest BCUT2D eigenvalue weighted by Gasteiger charge is -2.23. The van der Waals surface area contributed by atoms with Crippen LogP contribution in [0.1, 0.15) is 37.8 Å². The molecule has 16 heavy (non-hydrogen) atoms. The van der Waals surface area contributed by atoms with Crippen molar-refractivity contribution < 1.29 is 0 Å². The Bertz CT molecular complexity index is 325. The summed E-state index contributed by atoms with van der Waals surface area (Å²) in [6.07, 6.45) is 2.19. The highest BCUT2D eigenvalue weighted by atomic mass is 35.5. The lowest BCUT2D eigenvalue weighted by atomic mass is 9.99. The number of nitrogens with two attached hydrogens (primary N) is 1. The first kappa shape index (κ1) is 15.7. The molecule has 0 aliphatic carbocycles. The largest absolute Gasteiger partial charge is 0.330 e. The lowest BCUT2D eigenvalue weighted by molar-refractivity contribution is 0.364. The van der Waals surface area contributed by atoms with Crippen molar-refractivity contribution in [1.29, 1.82) is 0 Å². The molecule has 2 N–H and O–H groups in total. The topological polar surface area (TPSA) is 56.7 Å². The monoisotopic (exact) mass is 266 g/mol. The number of aryl methyl sites for hydroxylation is 1. The van der Waals surface area contributed by atoms with Crippen LogP contribution in [0.25, 0.3) is 0 Å². The van der Waals surface area contributed by atoms with Gasteiger partial charge in [-0.3, -0.25) is 0 Å². The van der Waals surface area contributed by atoms with Crippen LogP contribution < -0.4 is 5.73 Å². The van der Waals surface area contributed by atoms with Crippen LogP contribution in [0.2, 0.25) is 0 Å². The fourth-order valence-corrected chi connectivity index (χ4v) is 2.04. The van der Waals surface area contributed by atoms with Crippen LogP contribution in [0, 0.1) is 5.92 Å². The van der Waals surface area contributed by atoms with Crippen molar-refractivity contribution in [2.75, 3.05) is 6.54 Å². The SMILES string of the molecule is CC(C)c1nnc2n1CC(CN)CC2.Cl.Cl. The zero-order chi connectivity index (χ0) is 10.1. The number of fused-ring (bicyclic) bond motifs is 1. The molecule has 0 fully saturated rings. The number of hydrogen-bond donors (Lipinski definition) is 1. The van der Waals surface area contributed by atoms with Crippen molar-refractivity contribution in [3.05, 3.63) is 11.6 Å². The van der Waals surface area contributed by atoms with Gasteiger partial charge in [0.25, 0.3) is 0 Å². The molecule has 1 atom stereocenters. The maximum absolute atomic E-state index is 5.70. The number of nitrogens with zero attached hydrogens (tertiary/aromatic N) is 3. The van der Waals surface area contributed by atoms with Crippen molar-refractivity contribution in [2.24, 2.45) is 11.7 Å². The second kappa shape index (κ2) is 6.42. The summed E-state index contributed by atoms with van der Waals surface area (Å²) < 4.78 is 2.26. The molecule has 0 saturated heterocycles. The summed E-state index contributed by atoms with van der Waals surface area (Å²) in [5.41, 5.74) is 5.70. The predicted octanol–water partition coefficient (Wildman–Crippen LogP) is 1.77. The van der Waals surface area contributed by atoms with E-state index in [4.69, 9.17) is 5.73 Å². The summed E-state index contributed by atoms with van der Waals surface area (Å²) in [6.45, 7) is 6.09. The first-order valence-corrected chi connectivity index (χ1v) is 5.34. The van der Waals surface area contributed by atoms with Crippen molar-refractivity contribution >= 4 is 24.8 Å². The molecular formula is C10H20Cl2N4. The van der Waals surface area contributed by atoms with Crippen LogP contribution in [-0.2, 0) is 13.0 Å². The summed E-state index contributed by atoms with van der Waals surface area (Å²) in [7, 11) is 0. The van der Waals surface area contributed by atoms with Gasteiger partial charge in [-0.15, -0.1) is 35.0 Å². The average molecular weight is 267 g/mol. The first-order valence-electron chi connectivity index (χ1n) is 5.34. The van der Waals surface area contributed by atoms with Gasteiger partial charge in [-0.05, 0) is 18.9 Å². The summed E-state index contributed by atoms with van der Waals surface area (Å²) in [6, 6.07) is 0. The zero-order valence-electron chi connectivity index (χ0n) is 9.72. The Balaban J connectivity index is 0.00000112. The zero-order valence-corrected chi connectivity index (χ0v) is 11.4. The number of halogens is 2. The fraction of sp³-hybridized carbons (Fsp3) is 0.800. The Morgan fingerprint density at radius 2 is 2.06 bits per heavy atom. The Morgan fingerprint density at radius 3 is 2.62 bits per heavy atom. The molecule has 6 heteroatoms. The molecule has 0 bridgehead atoms. The highest BCUT2D eigenvalue weighted by Crippen LogP contribution is 2.22. The Morgan fingerprint density at radius 1 is 1.38 bits per heavy atom. The van der Waals surface area contributed by atoms with E-state index in [0.717, 1.165) is 37.6 Å². The van der Waals surface area contributed by atoms with Crippen molar-refractivity contribution in [1.82, 2.24) is 14.8 Å². The molecule has 1 aromatic rings. The predicted molar refractivity (Wildman–Crippen MR) is 69.5 cm³/mol. The summed E-state index contributed by atoms with van der Waals surface area (Å²) >= 11 is 0. The van der Waals surface area contributed by atoms with Gasteiger partial charge in [0.05, 0.1) is 0 Å². The maximum Gasteiger partial charge on any atom is 0.135 e. The average Bonchev–Trinajstić information content (AvgIpc) is 2.59. The standard InChI is InChI=1S/C10H18N4.2ClH/c1-7(2)10-13-12-9-4-3-8(5-11)6-14(9)10;;/h7-8H,3-6,11H2,1-2H3;2*1H. The highest BCUT2D eigenvalue weighted by molar-refractivity contribution is 5.85. The van der Waals surface area contributed by atoms with E-state index in [1.54, 1.807) is 0 Å². The summed E-state index contributed by atoms with van der Waals surface area (Å²) in [4.78, 5) is 0. The van der Waals surface area contributed by atoms with Gasteiger partial charge in [0.1, 0.15) is 11.6 Å². The third-order valence-corrected chi connectivity index (χ3v) is 2.92. The number of aromatic nitrogens is 3. The Kier molecular flexibility index (Phi) is 6.30. The van der Waals surface area contributed by atoms with Gasteiger partial charge in [-0.25, -0.2) is 0 Å². The van der Waals surface area contributed by atoms with E-state index in [2.05, 4.69) is 28.6 Å². The van der Waals surface area contributed by atoms with E-state index in [1.807, 2.05) is 0 Å². The summed E-state index contributed by atoms with van der Waals surface area (Å²) in [5, 5.41) is 8.46. The van der Waals surface area contributed by atoms with E-state index in [0.29, 0.717) is 11.8 Å². The van der Waals surface area contributed by atoms with Crippen LogP contribution in [0.4, 0.5) is 0 Å². The van der Waals surface area contributed by atoms with Crippen molar-refractivity contribution in [3.8, 4) is 0 Å². The molecule has 0 aromatic carbocycles. The van der Waals surface area contributed by atoms with E-state index < -0.39 is 0 Å². The third kappa shape index (κ3) is 2.87. The molecule has 0 amide bonds. The Labute approximate surface area is 109 Å². The molecule has 1 aliphatic rings. The second-order valence-corrected chi connectivity index (χ2v) is 4.38. The molecule has 94 valence electrons. The highest BCUT2D eigenvalue weighted by Gasteiger charge is 2.22. The van der Waals surface area contributed by atoms with Crippen LogP contribution in [-0.4, -0.2) is 21.3 Å². The van der Waals surface area contributed by atoms with Gasteiger partial charge in [0.2, 0.25) is 0 Å². The van der Waals surface area contributed by atoms with Crippen LogP contribution in [0.15, 0.2) is 0 Å². The van der Waals surface area contributed by atoms with Gasteiger partial charge in [-0.2, -0.15) is 0 Å². The van der Waals surface area contributed by atoms with Gasteiger partial charge in [0.15, 0.2) is 0 Å². The minimum Gasteiger partial charge on any atom is -0.330 e. The van der Waals surface area contributed by atoms with Crippen molar-refractivity contribution in [2.45, 2.75) is 39.2 Å². The van der Waals surface area contributed by atoms with E-state index >= 15 is 0 Å². The molecule has 0 radical (unpaired) electrons.